The van der Waals surface area contributed by atoms with Gasteiger partial charge in [0, 0.05) is 36.9 Å². The maximum atomic E-state index is 12.5. The van der Waals surface area contributed by atoms with E-state index in [1.165, 1.54) is 11.3 Å². The van der Waals surface area contributed by atoms with Crippen molar-refractivity contribution in [3.63, 3.8) is 0 Å². The Labute approximate surface area is 163 Å². The fraction of sp³-hybridized carbons (Fsp3) is 0.353. The number of nitrogens with one attached hydrogen (secondary N) is 2. The molecular formula is C17H19BrN6OS. The summed E-state index contributed by atoms with van der Waals surface area (Å²) in [6, 6.07) is 0.147. The highest BCUT2D eigenvalue weighted by Gasteiger charge is 2.24. The number of hydrogen-bond acceptors (Lipinski definition) is 6. The minimum atomic E-state index is -0.225. The highest BCUT2D eigenvalue weighted by molar-refractivity contribution is 9.10. The SMILES string of the molecule is Cc1nc(C(=O)Nc2c[nH]c3ncc(Br)c(N4CCC[C@@H](N)C4)c23)cs1. The fourth-order valence-corrected chi connectivity index (χ4v) is 4.47. The van der Waals surface area contributed by atoms with Crippen LogP contribution in [-0.4, -0.2) is 40.0 Å². The number of aryl methyl sites for hydroxylation is 1. The van der Waals surface area contributed by atoms with Crippen molar-refractivity contribution >= 4 is 55.6 Å². The van der Waals surface area contributed by atoms with E-state index in [1.807, 2.05) is 6.92 Å². The van der Waals surface area contributed by atoms with Crippen LogP contribution in [0, 0.1) is 6.92 Å². The molecule has 4 N–H and O–H groups in total. The van der Waals surface area contributed by atoms with Gasteiger partial charge in [0.25, 0.3) is 5.91 Å². The van der Waals surface area contributed by atoms with Crippen molar-refractivity contribution in [3.8, 4) is 0 Å². The maximum absolute atomic E-state index is 12.5. The van der Waals surface area contributed by atoms with Crippen molar-refractivity contribution in [1.29, 1.82) is 0 Å². The number of H-pyrrole nitrogens is 1. The van der Waals surface area contributed by atoms with E-state index in [2.05, 4.69) is 41.1 Å². The number of nitrogens with zero attached hydrogens (tertiary/aromatic N) is 3. The molecule has 0 unspecified atom stereocenters. The Hall–Kier alpha value is -1.97. The van der Waals surface area contributed by atoms with Crippen LogP contribution < -0.4 is 16.0 Å². The summed E-state index contributed by atoms with van der Waals surface area (Å²) >= 11 is 5.08. The molecular weight excluding hydrogens is 416 g/mol. The van der Waals surface area contributed by atoms with E-state index < -0.39 is 0 Å². The standard InChI is InChI=1S/C17H19BrN6OS/c1-9-22-13(8-26-9)17(25)23-12-6-21-16-14(12)15(11(18)5-20-16)24-4-2-3-10(19)7-24/h5-6,8,10H,2-4,7,19H2,1H3,(H,20,21)(H,23,25)/t10-/m1/s1. The van der Waals surface area contributed by atoms with Gasteiger partial charge in [-0.3, -0.25) is 4.79 Å². The number of carbonyl (C=O) groups excluding carboxylic acids is 1. The molecule has 7 nitrogen and oxygen atoms in total. The minimum Gasteiger partial charge on any atom is -0.368 e. The van der Waals surface area contributed by atoms with Crippen molar-refractivity contribution in [3.05, 3.63) is 32.9 Å². The van der Waals surface area contributed by atoms with E-state index >= 15 is 0 Å². The van der Waals surface area contributed by atoms with Crippen LogP contribution in [0.4, 0.5) is 11.4 Å². The molecule has 1 fully saturated rings. The molecule has 3 aromatic heterocycles. The second-order valence-electron chi connectivity index (χ2n) is 6.43. The monoisotopic (exact) mass is 434 g/mol. The Morgan fingerprint density at radius 3 is 3.12 bits per heavy atom. The van der Waals surface area contributed by atoms with Crippen LogP contribution in [0.3, 0.4) is 0 Å². The first-order chi connectivity index (χ1) is 12.5. The molecule has 0 bridgehead atoms. The Morgan fingerprint density at radius 2 is 2.38 bits per heavy atom. The van der Waals surface area contributed by atoms with Crippen molar-refractivity contribution in [1.82, 2.24) is 15.0 Å². The maximum Gasteiger partial charge on any atom is 0.275 e. The molecule has 0 aliphatic carbocycles. The van der Waals surface area contributed by atoms with Crippen LogP contribution in [0.15, 0.2) is 22.2 Å². The number of hydrogen-bond donors (Lipinski definition) is 3. The third kappa shape index (κ3) is 3.22. The molecule has 136 valence electrons. The van der Waals surface area contributed by atoms with Gasteiger partial charge in [-0.25, -0.2) is 9.97 Å². The van der Waals surface area contributed by atoms with Gasteiger partial charge in [-0.15, -0.1) is 11.3 Å². The quantitative estimate of drug-likeness (QED) is 0.587. The molecule has 0 spiro atoms. The average Bonchev–Trinajstić information content (AvgIpc) is 3.22. The lowest BCUT2D eigenvalue weighted by atomic mass is 10.1. The van der Waals surface area contributed by atoms with Gasteiger partial charge in [-0.2, -0.15) is 0 Å². The van der Waals surface area contributed by atoms with E-state index in [1.54, 1.807) is 17.8 Å². The van der Waals surface area contributed by atoms with Crippen molar-refractivity contribution in [2.45, 2.75) is 25.8 Å². The second kappa shape index (κ2) is 6.98. The summed E-state index contributed by atoms with van der Waals surface area (Å²) in [4.78, 5) is 26.6. The van der Waals surface area contributed by atoms with Crippen molar-refractivity contribution < 1.29 is 4.79 Å². The van der Waals surface area contributed by atoms with Gasteiger partial charge in [0.05, 0.1) is 26.2 Å². The minimum absolute atomic E-state index is 0.147. The number of carbonyl (C=O) groups is 1. The zero-order valence-corrected chi connectivity index (χ0v) is 16.7. The number of piperidine rings is 1. The third-order valence-electron chi connectivity index (χ3n) is 4.50. The number of thiazole rings is 1. The predicted octanol–water partition coefficient (Wildman–Crippen LogP) is 3.27. The van der Waals surface area contributed by atoms with Crippen LogP contribution in [0.2, 0.25) is 0 Å². The summed E-state index contributed by atoms with van der Waals surface area (Å²) < 4.78 is 0.888. The molecule has 1 aliphatic heterocycles. The topological polar surface area (TPSA) is 99.9 Å². The summed E-state index contributed by atoms with van der Waals surface area (Å²) in [5, 5.41) is 6.48. The van der Waals surface area contributed by atoms with Crippen molar-refractivity contribution in [2.24, 2.45) is 5.73 Å². The molecule has 26 heavy (non-hydrogen) atoms. The average molecular weight is 435 g/mol. The lowest BCUT2D eigenvalue weighted by Gasteiger charge is -2.33. The molecule has 0 radical (unpaired) electrons. The molecule has 3 aromatic rings. The van der Waals surface area contributed by atoms with Crippen LogP contribution >= 0.6 is 27.3 Å². The molecule has 0 aromatic carbocycles. The number of rotatable bonds is 3. The molecule has 0 saturated carbocycles. The number of aromatic nitrogens is 3. The number of amides is 1. The molecule has 1 saturated heterocycles. The van der Waals surface area contributed by atoms with Gasteiger partial charge in [0.15, 0.2) is 0 Å². The van der Waals surface area contributed by atoms with Gasteiger partial charge in [0.1, 0.15) is 11.3 Å². The second-order valence-corrected chi connectivity index (χ2v) is 8.35. The van der Waals surface area contributed by atoms with Gasteiger partial charge >= 0.3 is 0 Å². The van der Waals surface area contributed by atoms with Gasteiger partial charge in [0.2, 0.25) is 0 Å². The molecule has 4 rings (SSSR count). The number of anilines is 2. The highest BCUT2D eigenvalue weighted by Crippen LogP contribution is 2.38. The molecule has 4 heterocycles. The Kier molecular flexibility index (Phi) is 4.68. The molecule has 1 aliphatic rings. The smallest absolute Gasteiger partial charge is 0.275 e. The molecule has 9 heteroatoms. The fourth-order valence-electron chi connectivity index (χ4n) is 3.33. The number of aromatic amines is 1. The lowest BCUT2D eigenvalue weighted by Crippen LogP contribution is -2.43. The zero-order chi connectivity index (χ0) is 18.3. The van der Waals surface area contributed by atoms with Crippen LogP contribution in [0.25, 0.3) is 11.0 Å². The van der Waals surface area contributed by atoms with Gasteiger partial charge in [-0.1, -0.05) is 0 Å². The summed E-state index contributed by atoms with van der Waals surface area (Å²) in [6.07, 6.45) is 5.63. The lowest BCUT2D eigenvalue weighted by molar-refractivity contribution is 0.102. The van der Waals surface area contributed by atoms with Crippen LogP contribution in [0.5, 0.6) is 0 Å². The van der Waals surface area contributed by atoms with E-state index in [9.17, 15) is 4.79 Å². The van der Waals surface area contributed by atoms with Crippen LogP contribution in [0.1, 0.15) is 28.3 Å². The summed E-state index contributed by atoms with van der Waals surface area (Å²) in [7, 11) is 0. The van der Waals surface area contributed by atoms with Crippen molar-refractivity contribution in [2.75, 3.05) is 23.3 Å². The van der Waals surface area contributed by atoms with Crippen LogP contribution in [-0.2, 0) is 0 Å². The van der Waals surface area contributed by atoms with Gasteiger partial charge < -0.3 is 20.9 Å². The number of halogens is 1. The zero-order valence-electron chi connectivity index (χ0n) is 14.3. The van der Waals surface area contributed by atoms with Gasteiger partial charge in [-0.05, 0) is 35.7 Å². The van der Waals surface area contributed by atoms with E-state index in [4.69, 9.17) is 5.73 Å². The first-order valence-corrected chi connectivity index (χ1v) is 10.1. The molecule has 1 amide bonds. The first-order valence-electron chi connectivity index (χ1n) is 8.42. The first kappa shape index (κ1) is 17.4. The third-order valence-corrected chi connectivity index (χ3v) is 5.86. The van der Waals surface area contributed by atoms with E-state index in [-0.39, 0.29) is 11.9 Å². The number of nitrogens with two attached hydrogens (primary N) is 1. The summed E-state index contributed by atoms with van der Waals surface area (Å²) in [5.74, 6) is -0.225. The number of pyridine rings is 1. The Bertz CT molecular complexity index is 967. The predicted molar refractivity (Wildman–Crippen MR) is 108 cm³/mol. The van der Waals surface area contributed by atoms with E-state index in [0.29, 0.717) is 11.4 Å². The Morgan fingerprint density at radius 1 is 1.54 bits per heavy atom. The molecule has 1 atom stereocenters. The largest absolute Gasteiger partial charge is 0.368 e. The number of fused-ring (bicyclic) bond motifs is 1. The summed E-state index contributed by atoms with van der Waals surface area (Å²) in [5.41, 5.74) is 9.03. The normalized spacial score (nSPS) is 17.7. The van der Waals surface area contributed by atoms with E-state index in [0.717, 1.165) is 52.1 Å². The highest BCUT2D eigenvalue weighted by atomic mass is 79.9. The Balaban J connectivity index is 1.74. The summed E-state index contributed by atoms with van der Waals surface area (Å²) in [6.45, 7) is 3.59.